The average Bonchev–Trinajstić information content (AvgIpc) is 2.72. The summed E-state index contributed by atoms with van der Waals surface area (Å²) in [6.45, 7) is 6.96. The van der Waals surface area contributed by atoms with Crippen molar-refractivity contribution in [2.45, 2.75) is 44.9 Å². The van der Waals surface area contributed by atoms with Crippen molar-refractivity contribution in [3.8, 4) is 17.2 Å². The van der Waals surface area contributed by atoms with Crippen LogP contribution in [0.1, 0.15) is 44.2 Å². The molecule has 0 aliphatic rings. The molecule has 1 N–H and O–H groups in total. The van der Waals surface area contributed by atoms with Crippen LogP contribution in [0.4, 0.5) is 0 Å². The van der Waals surface area contributed by atoms with Crippen LogP contribution in [0.2, 0.25) is 0 Å². The van der Waals surface area contributed by atoms with E-state index in [1.165, 1.54) is 19.4 Å². The second-order valence-electron chi connectivity index (χ2n) is 6.70. The van der Waals surface area contributed by atoms with Crippen molar-refractivity contribution in [1.29, 1.82) is 0 Å². The van der Waals surface area contributed by atoms with Gasteiger partial charge in [0, 0.05) is 0 Å². The van der Waals surface area contributed by atoms with Crippen molar-refractivity contribution in [2.75, 3.05) is 20.3 Å². The molecule has 0 fully saturated rings. The molecule has 0 radical (unpaired) electrons. The Bertz CT molecular complexity index is 958. The molecule has 30 heavy (non-hydrogen) atoms. The lowest BCUT2D eigenvalue weighted by atomic mass is 10.2. The first-order valence-electron chi connectivity index (χ1n) is 10.0. The fourth-order valence-corrected chi connectivity index (χ4v) is 3.79. The van der Waals surface area contributed by atoms with Crippen molar-refractivity contribution >= 4 is 16.2 Å². The Morgan fingerprint density at radius 3 is 2.47 bits per heavy atom. The van der Waals surface area contributed by atoms with Crippen LogP contribution in [0.3, 0.4) is 0 Å². The van der Waals surface area contributed by atoms with E-state index in [1.807, 2.05) is 13.8 Å². The third kappa shape index (κ3) is 6.66. The summed E-state index contributed by atoms with van der Waals surface area (Å²) in [5.74, 6) is 1.52. The van der Waals surface area contributed by atoms with Crippen molar-refractivity contribution < 1.29 is 22.6 Å². The molecule has 0 atom stereocenters. The van der Waals surface area contributed by atoms with Gasteiger partial charge in [-0.3, -0.25) is 0 Å². The van der Waals surface area contributed by atoms with Gasteiger partial charge in [0.1, 0.15) is 10.6 Å². The maximum Gasteiger partial charge on any atom is 0.280 e. The summed E-state index contributed by atoms with van der Waals surface area (Å²) in [6, 6.07) is 10.3. The predicted molar refractivity (Wildman–Crippen MR) is 118 cm³/mol. The molecule has 0 aliphatic carbocycles. The number of nitrogens with zero attached hydrogens (tertiary/aromatic N) is 1. The summed E-state index contributed by atoms with van der Waals surface area (Å²) in [4.78, 5) is 2.26. The fraction of sp³-hybridized carbons (Fsp3) is 0.409. The van der Waals surface area contributed by atoms with E-state index < -0.39 is 10.0 Å². The molecular formula is C22H30N2O5S. The number of hydrazone groups is 1. The molecule has 7 nitrogen and oxygen atoms in total. The van der Waals surface area contributed by atoms with Gasteiger partial charge in [-0.15, -0.1) is 0 Å². The number of hydrogen-bond acceptors (Lipinski definition) is 6. The highest BCUT2D eigenvalue weighted by molar-refractivity contribution is 7.89. The lowest BCUT2D eigenvalue weighted by Gasteiger charge is -2.12. The van der Waals surface area contributed by atoms with Crippen LogP contribution in [0, 0.1) is 6.92 Å². The Morgan fingerprint density at radius 1 is 1.00 bits per heavy atom. The highest BCUT2D eigenvalue weighted by Gasteiger charge is 2.19. The third-order valence-corrected chi connectivity index (χ3v) is 5.51. The quantitative estimate of drug-likeness (QED) is 0.306. The Labute approximate surface area is 179 Å². The topological polar surface area (TPSA) is 86.2 Å². The van der Waals surface area contributed by atoms with E-state index in [0.29, 0.717) is 30.3 Å². The van der Waals surface area contributed by atoms with E-state index in [4.69, 9.17) is 14.2 Å². The SMILES string of the molecule is CCCCCOc1ccc(/C=N/NS(=O)(=O)c2cc(C)ccc2OC)cc1OCC. The van der Waals surface area contributed by atoms with Crippen LogP contribution in [-0.2, 0) is 10.0 Å². The van der Waals surface area contributed by atoms with E-state index in [2.05, 4.69) is 16.9 Å². The molecule has 2 aromatic carbocycles. The number of aryl methyl sites for hydroxylation is 1. The van der Waals surface area contributed by atoms with E-state index in [0.717, 1.165) is 24.8 Å². The maximum absolute atomic E-state index is 12.6. The Hall–Kier alpha value is -2.74. The van der Waals surface area contributed by atoms with Gasteiger partial charge >= 0.3 is 0 Å². The average molecular weight is 435 g/mol. The van der Waals surface area contributed by atoms with Gasteiger partial charge in [-0.1, -0.05) is 25.8 Å². The number of ether oxygens (including phenoxy) is 3. The van der Waals surface area contributed by atoms with Gasteiger partial charge in [-0.25, -0.2) is 0 Å². The Kier molecular flexibility index (Phi) is 8.98. The lowest BCUT2D eigenvalue weighted by molar-refractivity contribution is 0.271. The zero-order valence-electron chi connectivity index (χ0n) is 18.0. The highest BCUT2D eigenvalue weighted by Crippen LogP contribution is 2.28. The predicted octanol–water partition coefficient (Wildman–Crippen LogP) is 4.28. The normalized spacial score (nSPS) is 11.5. The maximum atomic E-state index is 12.6. The fourth-order valence-electron chi connectivity index (χ4n) is 2.74. The minimum atomic E-state index is -3.87. The molecule has 0 unspecified atom stereocenters. The number of rotatable bonds is 12. The minimum absolute atomic E-state index is 0.0352. The molecule has 164 valence electrons. The first kappa shape index (κ1) is 23.5. The smallest absolute Gasteiger partial charge is 0.280 e. The van der Waals surface area contributed by atoms with Crippen LogP contribution in [0.5, 0.6) is 17.2 Å². The number of methoxy groups -OCH3 is 1. The largest absolute Gasteiger partial charge is 0.495 e. The Balaban J connectivity index is 2.13. The highest BCUT2D eigenvalue weighted by atomic mass is 32.2. The molecule has 0 aliphatic heterocycles. The number of sulfonamides is 1. The first-order valence-corrected chi connectivity index (χ1v) is 11.5. The lowest BCUT2D eigenvalue weighted by Crippen LogP contribution is -2.19. The molecule has 0 spiro atoms. The van der Waals surface area contributed by atoms with Crippen LogP contribution in [0.15, 0.2) is 46.4 Å². The summed E-state index contributed by atoms with van der Waals surface area (Å²) in [6.07, 6.45) is 4.64. The second kappa shape index (κ2) is 11.4. The van der Waals surface area contributed by atoms with E-state index in [1.54, 1.807) is 30.3 Å². The number of benzene rings is 2. The molecule has 2 aromatic rings. The molecule has 0 saturated heterocycles. The van der Waals surface area contributed by atoms with Gasteiger partial charge in [0.25, 0.3) is 10.0 Å². The summed E-state index contributed by atoms with van der Waals surface area (Å²) in [5, 5.41) is 3.90. The number of nitrogens with one attached hydrogen (secondary N) is 1. The van der Waals surface area contributed by atoms with E-state index in [-0.39, 0.29) is 10.6 Å². The summed E-state index contributed by atoms with van der Waals surface area (Å²) in [5.41, 5.74) is 1.48. The molecule has 0 heterocycles. The van der Waals surface area contributed by atoms with Crippen molar-refractivity contribution in [1.82, 2.24) is 4.83 Å². The summed E-state index contributed by atoms with van der Waals surface area (Å²) < 4.78 is 41.8. The van der Waals surface area contributed by atoms with Gasteiger partial charge in [0.2, 0.25) is 0 Å². The zero-order chi connectivity index (χ0) is 22.0. The first-order chi connectivity index (χ1) is 14.4. The number of hydrogen-bond donors (Lipinski definition) is 1. The second-order valence-corrected chi connectivity index (χ2v) is 8.33. The van der Waals surface area contributed by atoms with Crippen molar-refractivity contribution in [2.24, 2.45) is 5.10 Å². The van der Waals surface area contributed by atoms with Crippen LogP contribution in [-0.4, -0.2) is 35.0 Å². The van der Waals surface area contributed by atoms with Gasteiger partial charge in [-0.05, 0) is 61.7 Å². The molecule has 2 rings (SSSR count). The molecule has 0 aromatic heterocycles. The Morgan fingerprint density at radius 2 is 1.77 bits per heavy atom. The standard InChI is InChI=1S/C22H30N2O5S/c1-5-7-8-13-29-19-12-10-18(15-21(19)28-6-2)16-23-24-30(25,26)22-14-17(3)9-11-20(22)27-4/h9-12,14-16,24H,5-8,13H2,1-4H3/b23-16+. The van der Waals surface area contributed by atoms with E-state index in [9.17, 15) is 8.42 Å². The van der Waals surface area contributed by atoms with Crippen LogP contribution < -0.4 is 19.0 Å². The zero-order valence-corrected chi connectivity index (χ0v) is 18.8. The van der Waals surface area contributed by atoms with Crippen molar-refractivity contribution in [3.63, 3.8) is 0 Å². The number of unbranched alkanes of at least 4 members (excludes halogenated alkanes) is 2. The molecule has 0 saturated carbocycles. The minimum Gasteiger partial charge on any atom is -0.495 e. The third-order valence-electron chi connectivity index (χ3n) is 4.27. The molecular weight excluding hydrogens is 404 g/mol. The summed E-state index contributed by atoms with van der Waals surface area (Å²) >= 11 is 0. The van der Waals surface area contributed by atoms with E-state index >= 15 is 0 Å². The van der Waals surface area contributed by atoms with Crippen LogP contribution in [0.25, 0.3) is 0 Å². The van der Waals surface area contributed by atoms with Crippen LogP contribution >= 0.6 is 0 Å². The van der Waals surface area contributed by atoms with Gasteiger partial charge in [-0.2, -0.15) is 18.4 Å². The van der Waals surface area contributed by atoms with Crippen molar-refractivity contribution in [3.05, 3.63) is 47.5 Å². The molecule has 0 bridgehead atoms. The summed E-state index contributed by atoms with van der Waals surface area (Å²) in [7, 11) is -2.45. The van der Waals surface area contributed by atoms with Gasteiger partial charge in [0.15, 0.2) is 11.5 Å². The molecule has 8 heteroatoms. The monoisotopic (exact) mass is 434 g/mol. The molecule has 0 amide bonds. The van der Waals surface area contributed by atoms with Gasteiger partial charge in [0.05, 0.1) is 26.5 Å². The van der Waals surface area contributed by atoms with Gasteiger partial charge < -0.3 is 14.2 Å².